The predicted molar refractivity (Wildman–Crippen MR) is 136 cm³/mol. The monoisotopic (exact) mass is 561 g/mol. The van der Waals surface area contributed by atoms with Crippen molar-refractivity contribution in [3.63, 3.8) is 0 Å². The number of rotatable bonds is 10. The molecular formula is C24H38N5Na3O6. The summed E-state index contributed by atoms with van der Waals surface area (Å²) in [5.74, 6) is -0.784. The molecule has 2 aromatic carbocycles. The summed E-state index contributed by atoms with van der Waals surface area (Å²) >= 11 is 0. The molecule has 1 unspecified atom stereocenters. The molecule has 38 heavy (non-hydrogen) atoms. The fraction of sp³-hybridized carbons (Fsp3) is 0.375. The topological polar surface area (TPSA) is 207 Å². The Bertz CT molecular complexity index is 1070. The number of nitrogens with zero attached hydrogens (tertiary/aromatic N) is 4. The number of aromatic amines is 1. The Kier molecular flexibility index (Phi) is 25.8. The summed E-state index contributed by atoms with van der Waals surface area (Å²) in [6.45, 7) is 5.93. The molecule has 0 radical (unpaired) electrons. The Morgan fingerprint density at radius 2 is 1.55 bits per heavy atom. The molecule has 1 amide bonds. The van der Waals surface area contributed by atoms with E-state index in [-0.39, 0.29) is 128 Å². The van der Waals surface area contributed by atoms with Crippen LogP contribution in [0.4, 0.5) is 0 Å². The molecule has 0 aliphatic heterocycles. The van der Waals surface area contributed by atoms with E-state index in [4.69, 9.17) is 0 Å². The van der Waals surface area contributed by atoms with Crippen LogP contribution in [0.5, 0.6) is 0 Å². The van der Waals surface area contributed by atoms with Gasteiger partial charge in [0.1, 0.15) is 6.04 Å². The standard InChI is InChI=1S/C24H29N5O3.3Na.3H2O.3H/c1-4-5-10-21(30)29(22(16(2)3)24(31)32)15-17-11-13-18(14-12-17)19-8-6-7-9-20(19)23-25-27-28-26-23;;;;;;;;;/h6-9,11-14,16,22H,4-5,10,15H2,1-3H3,(H,31,32)(H,25,26,27,28);;;;3*1H2;;;/q;3*+1;;;;3*-1. The number of nitrogens with one attached hydrogen (secondary N) is 1. The summed E-state index contributed by atoms with van der Waals surface area (Å²) in [5, 5.41) is 24.0. The summed E-state index contributed by atoms with van der Waals surface area (Å²) in [7, 11) is 0. The van der Waals surface area contributed by atoms with Crippen molar-refractivity contribution < 1.29 is 124 Å². The fourth-order valence-electron chi connectivity index (χ4n) is 3.78. The van der Waals surface area contributed by atoms with Gasteiger partial charge < -0.3 is 30.7 Å². The number of unbranched alkanes of at least 4 members (excludes halogenated alkanes) is 1. The number of aromatic nitrogens is 4. The molecule has 0 saturated carbocycles. The molecule has 0 aliphatic rings. The van der Waals surface area contributed by atoms with Crippen molar-refractivity contribution in [3.05, 3.63) is 54.1 Å². The van der Waals surface area contributed by atoms with Crippen molar-refractivity contribution in [2.45, 2.75) is 52.6 Å². The number of carbonyl (C=O) groups is 2. The first-order chi connectivity index (χ1) is 15.4. The molecule has 11 nitrogen and oxygen atoms in total. The maximum absolute atomic E-state index is 12.9. The first-order valence-electron chi connectivity index (χ1n) is 10.9. The summed E-state index contributed by atoms with van der Waals surface area (Å²) < 4.78 is 0. The smallest absolute Gasteiger partial charge is 1.00 e. The van der Waals surface area contributed by atoms with E-state index in [9.17, 15) is 14.7 Å². The van der Waals surface area contributed by atoms with E-state index in [0.717, 1.165) is 35.1 Å². The number of carbonyl (C=O) groups excluding carboxylic acids is 1. The van der Waals surface area contributed by atoms with Gasteiger partial charge in [-0.1, -0.05) is 75.7 Å². The second kappa shape index (κ2) is 22.1. The van der Waals surface area contributed by atoms with Gasteiger partial charge in [-0.05, 0) is 34.2 Å². The van der Waals surface area contributed by atoms with Crippen molar-refractivity contribution in [2.24, 2.45) is 5.92 Å². The Labute approximate surface area is 293 Å². The first-order valence-corrected chi connectivity index (χ1v) is 10.9. The third-order valence-corrected chi connectivity index (χ3v) is 5.42. The Morgan fingerprint density at radius 3 is 2.03 bits per heavy atom. The van der Waals surface area contributed by atoms with Crippen LogP contribution in [0, 0.1) is 5.92 Å². The van der Waals surface area contributed by atoms with Crippen LogP contribution in [-0.4, -0.2) is 65.0 Å². The van der Waals surface area contributed by atoms with Crippen LogP contribution in [0.1, 0.15) is 49.9 Å². The second-order valence-electron chi connectivity index (χ2n) is 8.13. The van der Waals surface area contributed by atoms with Gasteiger partial charge in [-0.15, -0.1) is 10.2 Å². The number of benzene rings is 2. The molecule has 14 heteroatoms. The van der Waals surface area contributed by atoms with Gasteiger partial charge in [0, 0.05) is 18.5 Å². The van der Waals surface area contributed by atoms with E-state index in [1.54, 1.807) is 0 Å². The quantitative estimate of drug-likeness (QED) is 0.230. The molecule has 0 saturated heterocycles. The zero-order valence-electron chi connectivity index (χ0n) is 26.2. The SMILES string of the molecule is CCCCC(=O)N(Cc1ccc(-c2ccccc2-c2nn[nH]n2)cc1)C(C(=O)O)C(C)C.O.O.O.[H-].[H-].[H-].[Na+].[Na+].[Na+]. The van der Waals surface area contributed by atoms with Gasteiger partial charge in [0.25, 0.3) is 0 Å². The van der Waals surface area contributed by atoms with Crippen LogP contribution in [0.3, 0.4) is 0 Å². The van der Waals surface area contributed by atoms with E-state index in [1.807, 2.05) is 69.3 Å². The molecule has 0 spiro atoms. The number of carboxylic acid groups (broad SMARTS) is 1. The number of tetrazole rings is 1. The van der Waals surface area contributed by atoms with Gasteiger partial charge in [-0.2, -0.15) is 5.21 Å². The normalized spacial score (nSPS) is 10.1. The van der Waals surface area contributed by atoms with Crippen LogP contribution >= 0.6 is 0 Å². The molecule has 1 heterocycles. The average Bonchev–Trinajstić information content (AvgIpc) is 3.32. The van der Waals surface area contributed by atoms with Gasteiger partial charge >= 0.3 is 94.6 Å². The minimum atomic E-state index is -0.976. The maximum atomic E-state index is 12.9. The number of H-pyrrole nitrogens is 1. The van der Waals surface area contributed by atoms with E-state index in [2.05, 4.69) is 20.6 Å². The summed E-state index contributed by atoms with van der Waals surface area (Å²) in [6, 6.07) is 14.7. The van der Waals surface area contributed by atoms with E-state index < -0.39 is 12.0 Å². The van der Waals surface area contributed by atoms with Crippen molar-refractivity contribution in [2.75, 3.05) is 0 Å². The number of hydrogen-bond acceptors (Lipinski definition) is 5. The zero-order valence-corrected chi connectivity index (χ0v) is 29.2. The molecule has 3 aromatic rings. The van der Waals surface area contributed by atoms with Gasteiger partial charge in [-0.3, -0.25) is 4.79 Å². The van der Waals surface area contributed by atoms with Gasteiger partial charge in [0.2, 0.25) is 11.7 Å². The van der Waals surface area contributed by atoms with Crippen molar-refractivity contribution in [3.8, 4) is 22.5 Å². The van der Waals surface area contributed by atoms with Crippen LogP contribution in [-0.2, 0) is 16.1 Å². The molecule has 3 rings (SSSR count). The minimum absolute atomic E-state index is 0. The number of aliphatic carboxylic acids is 1. The molecule has 0 fully saturated rings. The largest absolute Gasteiger partial charge is 1.00 e. The molecule has 1 atom stereocenters. The van der Waals surface area contributed by atoms with Gasteiger partial charge in [0.05, 0.1) is 0 Å². The second-order valence-corrected chi connectivity index (χ2v) is 8.13. The summed E-state index contributed by atoms with van der Waals surface area (Å²) in [5.41, 5.74) is 3.66. The van der Waals surface area contributed by atoms with Crippen molar-refractivity contribution in [1.29, 1.82) is 0 Å². The van der Waals surface area contributed by atoms with E-state index in [0.29, 0.717) is 12.2 Å². The van der Waals surface area contributed by atoms with Crippen molar-refractivity contribution >= 4 is 11.9 Å². The number of amides is 1. The Balaban J connectivity index is -0.000000257. The predicted octanol–water partition coefficient (Wildman–Crippen LogP) is -6.96. The third kappa shape index (κ3) is 11.8. The van der Waals surface area contributed by atoms with Crippen LogP contribution < -0.4 is 88.7 Å². The molecule has 0 aliphatic carbocycles. The average molecular weight is 562 g/mol. The van der Waals surface area contributed by atoms with E-state index in [1.165, 1.54) is 4.90 Å². The van der Waals surface area contributed by atoms with Crippen LogP contribution in [0.2, 0.25) is 0 Å². The summed E-state index contributed by atoms with van der Waals surface area (Å²) in [6.07, 6.45) is 1.97. The Hall–Kier alpha value is -0.670. The van der Waals surface area contributed by atoms with Crippen LogP contribution in [0.15, 0.2) is 48.5 Å². The van der Waals surface area contributed by atoms with E-state index >= 15 is 0 Å². The molecular weight excluding hydrogens is 523 g/mol. The third-order valence-electron chi connectivity index (χ3n) is 5.42. The Morgan fingerprint density at radius 1 is 0.974 bits per heavy atom. The minimum Gasteiger partial charge on any atom is -1.00 e. The molecule has 198 valence electrons. The summed E-state index contributed by atoms with van der Waals surface area (Å²) in [4.78, 5) is 26.3. The molecule has 1 aromatic heterocycles. The zero-order chi connectivity index (χ0) is 23.1. The van der Waals surface area contributed by atoms with Gasteiger partial charge in [-0.25, -0.2) is 4.79 Å². The number of hydrogen-bond donors (Lipinski definition) is 2. The maximum Gasteiger partial charge on any atom is 1.00 e. The number of carboxylic acids is 1. The molecule has 0 bridgehead atoms. The van der Waals surface area contributed by atoms with Crippen molar-refractivity contribution in [1.82, 2.24) is 25.5 Å². The molecule has 8 N–H and O–H groups in total. The van der Waals surface area contributed by atoms with Gasteiger partial charge in [0.15, 0.2) is 0 Å². The first kappa shape index (κ1) is 44.4. The van der Waals surface area contributed by atoms with Crippen LogP contribution in [0.25, 0.3) is 22.5 Å². The fourth-order valence-corrected chi connectivity index (χ4v) is 3.78.